The van der Waals surface area contributed by atoms with Gasteiger partial charge in [-0.1, -0.05) is 0 Å². The van der Waals surface area contributed by atoms with Gasteiger partial charge in [0.2, 0.25) is 0 Å². The van der Waals surface area contributed by atoms with E-state index in [2.05, 4.69) is 5.32 Å². The van der Waals surface area contributed by atoms with Gasteiger partial charge in [-0.2, -0.15) is 13.2 Å². The molecule has 1 saturated heterocycles. The van der Waals surface area contributed by atoms with Crippen LogP contribution in [-0.2, 0) is 0 Å². The van der Waals surface area contributed by atoms with Crippen LogP contribution in [0, 0.1) is 0 Å². The zero-order valence-electron chi connectivity index (χ0n) is 11.1. The molecule has 106 valence electrons. The van der Waals surface area contributed by atoms with Crippen LogP contribution in [0.3, 0.4) is 0 Å². The van der Waals surface area contributed by atoms with E-state index in [1.807, 2.05) is 0 Å². The van der Waals surface area contributed by atoms with Crippen molar-refractivity contribution >= 4 is 6.03 Å². The van der Waals surface area contributed by atoms with E-state index in [4.69, 9.17) is 0 Å². The highest BCUT2D eigenvalue weighted by Gasteiger charge is 2.47. The SMILES string of the molecule is CC(C)NC(=O)N1CC(C)N(C)C(C(F)(F)F)C1. The van der Waals surface area contributed by atoms with E-state index in [0.717, 1.165) is 0 Å². The van der Waals surface area contributed by atoms with Crippen molar-refractivity contribution in [2.45, 2.75) is 45.1 Å². The minimum Gasteiger partial charge on any atom is -0.336 e. The van der Waals surface area contributed by atoms with Crippen LogP contribution in [0.15, 0.2) is 0 Å². The van der Waals surface area contributed by atoms with Crippen LogP contribution in [0.1, 0.15) is 20.8 Å². The third-order valence-corrected chi connectivity index (χ3v) is 3.14. The highest BCUT2D eigenvalue weighted by molar-refractivity contribution is 5.74. The highest BCUT2D eigenvalue weighted by Crippen LogP contribution is 2.29. The van der Waals surface area contributed by atoms with E-state index < -0.39 is 18.2 Å². The lowest BCUT2D eigenvalue weighted by Crippen LogP contribution is -2.63. The summed E-state index contributed by atoms with van der Waals surface area (Å²) < 4.78 is 38.6. The molecule has 18 heavy (non-hydrogen) atoms. The molecule has 1 fully saturated rings. The minimum absolute atomic E-state index is 0.0863. The van der Waals surface area contributed by atoms with E-state index in [9.17, 15) is 18.0 Å². The molecule has 1 heterocycles. The number of rotatable bonds is 1. The van der Waals surface area contributed by atoms with Gasteiger partial charge < -0.3 is 10.2 Å². The van der Waals surface area contributed by atoms with Gasteiger partial charge >= 0.3 is 12.2 Å². The Balaban J connectivity index is 2.77. The molecule has 0 aromatic rings. The molecule has 2 atom stereocenters. The molecule has 4 nitrogen and oxygen atoms in total. The topological polar surface area (TPSA) is 35.6 Å². The number of urea groups is 1. The monoisotopic (exact) mass is 267 g/mol. The molecular formula is C11H20F3N3O. The first-order valence-electron chi connectivity index (χ1n) is 5.97. The molecule has 1 aliphatic heterocycles. The zero-order chi connectivity index (χ0) is 14.1. The number of alkyl halides is 3. The molecule has 0 aromatic heterocycles. The summed E-state index contributed by atoms with van der Waals surface area (Å²) >= 11 is 0. The Kier molecular flexibility index (Phi) is 4.47. The normalized spacial score (nSPS) is 26.6. The number of piperazine rings is 1. The average molecular weight is 267 g/mol. The van der Waals surface area contributed by atoms with Crippen LogP contribution in [0.25, 0.3) is 0 Å². The van der Waals surface area contributed by atoms with Gasteiger partial charge in [-0.05, 0) is 27.8 Å². The first-order valence-corrected chi connectivity index (χ1v) is 5.97. The van der Waals surface area contributed by atoms with Crippen LogP contribution in [0.2, 0.25) is 0 Å². The fourth-order valence-corrected chi connectivity index (χ4v) is 2.01. The molecule has 2 amide bonds. The number of amides is 2. The molecule has 2 unspecified atom stereocenters. The Labute approximate surface area is 105 Å². The summed E-state index contributed by atoms with van der Waals surface area (Å²) in [4.78, 5) is 14.3. The molecule has 0 bridgehead atoms. The van der Waals surface area contributed by atoms with Gasteiger partial charge in [0.15, 0.2) is 0 Å². The number of likely N-dealkylation sites (N-methyl/N-ethyl adjacent to an activating group) is 1. The van der Waals surface area contributed by atoms with Gasteiger partial charge in [0, 0.05) is 25.2 Å². The van der Waals surface area contributed by atoms with Crippen molar-refractivity contribution in [3.63, 3.8) is 0 Å². The third kappa shape index (κ3) is 3.51. The molecule has 7 heteroatoms. The van der Waals surface area contributed by atoms with Crippen molar-refractivity contribution in [1.29, 1.82) is 0 Å². The summed E-state index contributed by atoms with van der Waals surface area (Å²) in [6, 6.07) is -2.43. The van der Waals surface area contributed by atoms with Gasteiger partial charge in [-0.15, -0.1) is 0 Å². The molecule has 0 saturated carbocycles. The molecule has 0 spiro atoms. The Morgan fingerprint density at radius 1 is 1.33 bits per heavy atom. The molecular weight excluding hydrogens is 247 g/mol. The number of nitrogens with one attached hydrogen (secondary N) is 1. The van der Waals surface area contributed by atoms with Gasteiger partial charge in [0.1, 0.15) is 6.04 Å². The lowest BCUT2D eigenvalue weighted by molar-refractivity contribution is -0.196. The number of carbonyl (C=O) groups is 1. The maximum Gasteiger partial charge on any atom is 0.405 e. The summed E-state index contributed by atoms with van der Waals surface area (Å²) in [5.74, 6) is 0. The van der Waals surface area contributed by atoms with Crippen molar-refractivity contribution < 1.29 is 18.0 Å². The van der Waals surface area contributed by atoms with Crippen molar-refractivity contribution in [2.24, 2.45) is 0 Å². The summed E-state index contributed by atoms with van der Waals surface area (Å²) in [5.41, 5.74) is 0. The zero-order valence-corrected chi connectivity index (χ0v) is 11.1. The van der Waals surface area contributed by atoms with Crippen LogP contribution < -0.4 is 5.32 Å². The maximum atomic E-state index is 12.9. The number of halogens is 3. The van der Waals surface area contributed by atoms with E-state index in [1.165, 1.54) is 16.8 Å². The van der Waals surface area contributed by atoms with Crippen LogP contribution in [-0.4, -0.2) is 60.3 Å². The molecule has 0 aromatic carbocycles. The quantitative estimate of drug-likeness (QED) is 0.784. The Bertz CT molecular complexity index is 306. The fraction of sp³-hybridized carbons (Fsp3) is 0.909. The second-order valence-corrected chi connectivity index (χ2v) is 5.08. The van der Waals surface area contributed by atoms with Crippen LogP contribution in [0.5, 0.6) is 0 Å². The molecule has 0 aliphatic carbocycles. The van der Waals surface area contributed by atoms with Gasteiger partial charge in [0.05, 0.1) is 0 Å². The summed E-state index contributed by atoms with van der Waals surface area (Å²) in [6.45, 7) is 5.23. The van der Waals surface area contributed by atoms with Gasteiger partial charge in [-0.3, -0.25) is 4.90 Å². The summed E-state index contributed by atoms with van der Waals surface area (Å²) in [5, 5.41) is 2.62. The van der Waals surface area contributed by atoms with E-state index in [0.29, 0.717) is 6.54 Å². The summed E-state index contributed by atoms with van der Waals surface area (Å²) in [7, 11) is 1.44. The smallest absolute Gasteiger partial charge is 0.336 e. The largest absolute Gasteiger partial charge is 0.405 e. The standard InChI is InChI=1S/C11H20F3N3O/c1-7(2)15-10(18)17-5-8(3)16(4)9(6-17)11(12,13)14/h7-9H,5-6H2,1-4H3,(H,15,18). The highest BCUT2D eigenvalue weighted by atomic mass is 19.4. The second-order valence-electron chi connectivity index (χ2n) is 5.08. The minimum atomic E-state index is -4.32. The Hall–Kier alpha value is -0.980. The van der Waals surface area contributed by atoms with E-state index >= 15 is 0 Å². The molecule has 1 N–H and O–H groups in total. The molecule has 1 rings (SSSR count). The first kappa shape index (κ1) is 15.1. The predicted octanol–water partition coefficient (Wildman–Crippen LogP) is 1.67. The number of nitrogens with zero attached hydrogens (tertiary/aromatic N) is 2. The summed E-state index contributed by atoms with van der Waals surface area (Å²) in [6.07, 6.45) is -4.32. The second kappa shape index (κ2) is 5.34. The molecule has 1 aliphatic rings. The lowest BCUT2D eigenvalue weighted by Gasteiger charge is -2.44. The van der Waals surface area contributed by atoms with Crippen molar-refractivity contribution in [1.82, 2.24) is 15.1 Å². The molecule has 0 radical (unpaired) electrons. The third-order valence-electron chi connectivity index (χ3n) is 3.14. The number of carbonyl (C=O) groups excluding carboxylic acids is 1. The first-order chi connectivity index (χ1) is 8.12. The van der Waals surface area contributed by atoms with Crippen molar-refractivity contribution in [2.75, 3.05) is 20.1 Å². The van der Waals surface area contributed by atoms with E-state index in [-0.39, 0.29) is 18.6 Å². The van der Waals surface area contributed by atoms with Crippen LogP contribution in [0.4, 0.5) is 18.0 Å². The lowest BCUT2D eigenvalue weighted by atomic mass is 10.1. The van der Waals surface area contributed by atoms with Crippen LogP contribution >= 0.6 is 0 Å². The number of hydrogen-bond donors (Lipinski definition) is 1. The predicted molar refractivity (Wildman–Crippen MR) is 62.3 cm³/mol. The van der Waals surface area contributed by atoms with E-state index in [1.54, 1.807) is 20.8 Å². The van der Waals surface area contributed by atoms with Crippen molar-refractivity contribution in [3.8, 4) is 0 Å². The Morgan fingerprint density at radius 2 is 1.89 bits per heavy atom. The van der Waals surface area contributed by atoms with Crippen molar-refractivity contribution in [3.05, 3.63) is 0 Å². The average Bonchev–Trinajstić information content (AvgIpc) is 2.18. The Morgan fingerprint density at radius 3 is 2.33 bits per heavy atom. The maximum absolute atomic E-state index is 12.9. The van der Waals surface area contributed by atoms with Gasteiger partial charge in [-0.25, -0.2) is 4.79 Å². The number of hydrogen-bond acceptors (Lipinski definition) is 2. The fourth-order valence-electron chi connectivity index (χ4n) is 2.01. The van der Waals surface area contributed by atoms with Gasteiger partial charge in [0.25, 0.3) is 0 Å².